The first-order valence-electron chi connectivity index (χ1n) is 5.69. The highest BCUT2D eigenvalue weighted by molar-refractivity contribution is 9.11. The molecular weight excluding hydrogens is 316 g/mol. The van der Waals surface area contributed by atoms with Crippen molar-refractivity contribution in [1.29, 1.82) is 0 Å². The van der Waals surface area contributed by atoms with Crippen molar-refractivity contribution in [2.75, 3.05) is 0 Å². The molecule has 2 heterocycles. The Balaban J connectivity index is 2.27. The lowest BCUT2D eigenvalue weighted by Crippen LogP contribution is -2.67. The predicted molar refractivity (Wildman–Crippen MR) is 74.3 cm³/mol. The van der Waals surface area contributed by atoms with E-state index in [9.17, 15) is 9.59 Å². The SMILES string of the molecule is CC1NC(=O)C(C)(C)N(Cc2ccc(Br)s2)C1=O. The van der Waals surface area contributed by atoms with E-state index in [1.165, 1.54) is 0 Å². The Bertz CT molecular complexity index is 498. The Morgan fingerprint density at radius 3 is 2.67 bits per heavy atom. The zero-order valence-corrected chi connectivity index (χ0v) is 12.9. The largest absolute Gasteiger partial charge is 0.343 e. The number of rotatable bonds is 2. The van der Waals surface area contributed by atoms with Crippen LogP contribution in [-0.2, 0) is 16.1 Å². The zero-order valence-electron chi connectivity index (χ0n) is 10.5. The third-order valence-electron chi connectivity index (χ3n) is 3.16. The maximum absolute atomic E-state index is 12.2. The van der Waals surface area contributed by atoms with Crippen LogP contribution in [0.1, 0.15) is 25.6 Å². The fourth-order valence-electron chi connectivity index (χ4n) is 1.93. The predicted octanol–water partition coefficient (Wildman–Crippen LogP) is 2.14. The lowest BCUT2D eigenvalue weighted by Gasteiger charge is -2.43. The molecule has 4 nitrogen and oxygen atoms in total. The Morgan fingerprint density at radius 2 is 2.11 bits per heavy atom. The van der Waals surface area contributed by atoms with Crippen LogP contribution in [0.2, 0.25) is 0 Å². The van der Waals surface area contributed by atoms with Crippen molar-refractivity contribution >= 4 is 39.1 Å². The van der Waals surface area contributed by atoms with E-state index in [1.807, 2.05) is 12.1 Å². The molecule has 0 radical (unpaired) electrons. The quantitative estimate of drug-likeness (QED) is 0.903. The molecule has 98 valence electrons. The summed E-state index contributed by atoms with van der Waals surface area (Å²) >= 11 is 4.98. The van der Waals surface area contributed by atoms with E-state index in [2.05, 4.69) is 21.2 Å². The zero-order chi connectivity index (χ0) is 13.5. The monoisotopic (exact) mass is 330 g/mol. The molecule has 1 aliphatic rings. The highest BCUT2D eigenvalue weighted by Crippen LogP contribution is 2.28. The van der Waals surface area contributed by atoms with Gasteiger partial charge in [0.25, 0.3) is 0 Å². The van der Waals surface area contributed by atoms with Crippen LogP contribution in [0, 0.1) is 0 Å². The second kappa shape index (κ2) is 4.66. The van der Waals surface area contributed by atoms with Crippen LogP contribution < -0.4 is 5.32 Å². The van der Waals surface area contributed by atoms with Gasteiger partial charge in [0.2, 0.25) is 11.8 Å². The summed E-state index contributed by atoms with van der Waals surface area (Å²) in [6.07, 6.45) is 0. The molecule has 0 saturated carbocycles. The molecule has 0 spiro atoms. The van der Waals surface area contributed by atoms with E-state index in [-0.39, 0.29) is 11.8 Å². The molecule has 1 atom stereocenters. The molecule has 6 heteroatoms. The van der Waals surface area contributed by atoms with Gasteiger partial charge in [0, 0.05) is 4.88 Å². The van der Waals surface area contributed by atoms with Crippen molar-refractivity contribution in [3.8, 4) is 0 Å². The summed E-state index contributed by atoms with van der Waals surface area (Å²) < 4.78 is 1.03. The number of nitrogens with zero attached hydrogens (tertiary/aromatic N) is 1. The standard InChI is InChI=1S/C12H15BrN2O2S/c1-7-10(16)15(12(2,3)11(17)14-7)6-8-4-5-9(13)18-8/h4-5,7H,6H2,1-3H3,(H,14,17). The van der Waals surface area contributed by atoms with Gasteiger partial charge in [-0.2, -0.15) is 0 Å². The normalized spacial score (nSPS) is 23.1. The molecule has 0 aliphatic carbocycles. The van der Waals surface area contributed by atoms with Gasteiger partial charge in [-0.25, -0.2) is 0 Å². The number of carbonyl (C=O) groups excluding carboxylic acids is 2. The minimum absolute atomic E-state index is 0.0378. The molecule has 0 aromatic carbocycles. The van der Waals surface area contributed by atoms with E-state index in [1.54, 1.807) is 37.0 Å². The lowest BCUT2D eigenvalue weighted by molar-refractivity contribution is -0.155. The van der Waals surface area contributed by atoms with Crippen molar-refractivity contribution in [2.24, 2.45) is 0 Å². The van der Waals surface area contributed by atoms with Gasteiger partial charge in [0.1, 0.15) is 11.6 Å². The topological polar surface area (TPSA) is 49.4 Å². The number of piperazine rings is 1. The van der Waals surface area contributed by atoms with E-state index in [0.29, 0.717) is 6.54 Å². The summed E-state index contributed by atoms with van der Waals surface area (Å²) in [6.45, 7) is 5.73. The number of thiophene rings is 1. The van der Waals surface area contributed by atoms with Crippen LogP contribution in [-0.4, -0.2) is 28.3 Å². The molecular formula is C12H15BrN2O2S. The first-order chi connectivity index (χ1) is 8.32. The van der Waals surface area contributed by atoms with Crippen molar-refractivity contribution in [2.45, 2.75) is 38.9 Å². The smallest absolute Gasteiger partial charge is 0.246 e. The van der Waals surface area contributed by atoms with Crippen LogP contribution in [0.3, 0.4) is 0 Å². The third kappa shape index (κ3) is 2.31. The van der Waals surface area contributed by atoms with Crippen LogP contribution in [0.15, 0.2) is 15.9 Å². The van der Waals surface area contributed by atoms with Crippen LogP contribution in [0.5, 0.6) is 0 Å². The number of carbonyl (C=O) groups is 2. The van der Waals surface area contributed by atoms with E-state index >= 15 is 0 Å². The highest BCUT2D eigenvalue weighted by Gasteiger charge is 2.44. The number of nitrogens with one attached hydrogen (secondary N) is 1. The molecule has 1 aliphatic heterocycles. The van der Waals surface area contributed by atoms with Gasteiger partial charge in [-0.15, -0.1) is 11.3 Å². The molecule has 0 bridgehead atoms. The summed E-state index contributed by atoms with van der Waals surface area (Å²) in [5, 5.41) is 2.70. The Labute approximate surface area is 118 Å². The van der Waals surface area contributed by atoms with E-state index in [0.717, 1.165) is 8.66 Å². The first kappa shape index (κ1) is 13.5. The molecule has 1 N–H and O–H groups in total. The second-order valence-corrected chi connectivity index (χ2v) is 7.43. The van der Waals surface area contributed by atoms with Gasteiger partial charge >= 0.3 is 0 Å². The fourth-order valence-corrected chi connectivity index (χ4v) is 3.41. The van der Waals surface area contributed by atoms with Gasteiger partial charge in [-0.3, -0.25) is 9.59 Å². The van der Waals surface area contributed by atoms with Gasteiger partial charge in [-0.05, 0) is 48.8 Å². The summed E-state index contributed by atoms with van der Waals surface area (Å²) in [7, 11) is 0. The fraction of sp³-hybridized carbons (Fsp3) is 0.500. The lowest BCUT2D eigenvalue weighted by atomic mass is 9.96. The van der Waals surface area contributed by atoms with Crippen LogP contribution in [0.25, 0.3) is 0 Å². The third-order valence-corrected chi connectivity index (χ3v) is 4.77. The molecule has 2 amide bonds. The summed E-state index contributed by atoms with van der Waals surface area (Å²) in [5.41, 5.74) is -0.805. The summed E-state index contributed by atoms with van der Waals surface area (Å²) in [5.74, 6) is -0.144. The van der Waals surface area contributed by atoms with Gasteiger partial charge < -0.3 is 10.2 Å². The van der Waals surface area contributed by atoms with Gasteiger partial charge in [0.05, 0.1) is 10.3 Å². The van der Waals surface area contributed by atoms with E-state index in [4.69, 9.17) is 0 Å². The number of hydrogen-bond acceptors (Lipinski definition) is 3. The number of halogens is 1. The van der Waals surface area contributed by atoms with Crippen LogP contribution in [0.4, 0.5) is 0 Å². The van der Waals surface area contributed by atoms with Crippen molar-refractivity contribution < 1.29 is 9.59 Å². The molecule has 1 fully saturated rings. The molecule has 2 rings (SSSR count). The van der Waals surface area contributed by atoms with Gasteiger partial charge in [0.15, 0.2) is 0 Å². The molecule has 1 unspecified atom stereocenters. The van der Waals surface area contributed by atoms with Crippen molar-refractivity contribution in [3.05, 3.63) is 20.8 Å². The maximum atomic E-state index is 12.2. The molecule has 18 heavy (non-hydrogen) atoms. The first-order valence-corrected chi connectivity index (χ1v) is 7.30. The summed E-state index contributed by atoms with van der Waals surface area (Å²) in [4.78, 5) is 26.9. The average Bonchev–Trinajstić information content (AvgIpc) is 2.68. The Hall–Kier alpha value is -0.880. The second-order valence-electron chi connectivity index (χ2n) is 4.88. The van der Waals surface area contributed by atoms with Crippen molar-refractivity contribution in [1.82, 2.24) is 10.2 Å². The molecule has 1 saturated heterocycles. The Morgan fingerprint density at radius 1 is 1.44 bits per heavy atom. The average molecular weight is 331 g/mol. The van der Waals surface area contributed by atoms with Crippen LogP contribution >= 0.6 is 27.3 Å². The number of amides is 2. The molecule has 1 aromatic rings. The minimum atomic E-state index is -0.805. The highest BCUT2D eigenvalue weighted by atomic mass is 79.9. The van der Waals surface area contributed by atoms with Crippen molar-refractivity contribution in [3.63, 3.8) is 0 Å². The Kier molecular flexibility index (Phi) is 3.51. The summed E-state index contributed by atoms with van der Waals surface area (Å²) in [6, 6.07) is 3.47. The molecule has 1 aromatic heterocycles. The van der Waals surface area contributed by atoms with E-state index < -0.39 is 11.6 Å². The maximum Gasteiger partial charge on any atom is 0.246 e. The minimum Gasteiger partial charge on any atom is -0.343 e. The number of hydrogen-bond donors (Lipinski definition) is 1. The van der Waals surface area contributed by atoms with Gasteiger partial charge in [-0.1, -0.05) is 0 Å².